The van der Waals surface area contributed by atoms with Crippen LogP contribution in [0, 0.1) is 4.77 Å². The normalized spacial score (nSPS) is 12.0. The molecule has 0 saturated carbocycles. The number of pyridine rings is 1. The molecule has 9 heteroatoms. The Morgan fingerprint density at radius 3 is 2.54 bits per heavy atom. The fourth-order valence-electron chi connectivity index (χ4n) is 1.96. The lowest BCUT2D eigenvalue weighted by Gasteiger charge is -2.05. The van der Waals surface area contributed by atoms with Crippen molar-refractivity contribution in [1.29, 1.82) is 0 Å². The van der Waals surface area contributed by atoms with Crippen LogP contribution >= 0.6 is 12.2 Å². The van der Waals surface area contributed by atoms with Gasteiger partial charge in [-0.25, -0.2) is 5.10 Å². The summed E-state index contributed by atoms with van der Waals surface area (Å²) in [6.45, 7) is 0. The number of H-pyrrole nitrogens is 1. The lowest BCUT2D eigenvalue weighted by Crippen LogP contribution is -2.04. The number of rotatable bonds is 3. The van der Waals surface area contributed by atoms with Crippen LogP contribution in [0.1, 0.15) is 11.1 Å². The molecule has 5 nitrogen and oxygen atoms in total. The van der Waals surface area contributed by atoms with Gasteiger partial charge in [-0.15, -0.1) is 0 Å². The summed E-state index contributed by atoms with van der Waals surface area (Å²) < 4.78 is 39.3. The van der Waals surface area contributed by atoms with E-state index in [1.54, 1.807) is 24.5 Å². The van der Waals surface area contributed by atoms with Crippen molar-refractivity contribution in [2.75, 3.05) is 0 Å². The van der Waals surface area contributed by atoms with E-state index in [0.29, 0.717) is 17.0 Å². The zero-order valence-corrected chi connectivity index (χ0v) is 12.8. The first-order chi connectivity index (χ1) is 11.4. The van der Waals surface area contributed by atoms with Crippen molar-refractivity contribution in [2.24, 2.45) is 5.10 Å². The van der Waals surface area contributed by atoms with Gasteiger partial charge < -0.3 is 0 Å². The van der Waals surface area contributed by atoms with E-state index < -0.39 is 11.7 Å². The summed E-state index contributed by atoms with van der Waals surface area (Å²) in [7, 11) is 0. The summed E-state index contributed by atoms with van der Waals surface area (Å²) >= 11 is 5.12. The Morgan fingerprint density at radius 2 is 1.92 bits per heavy atom. The molecule has 0 unspecified atom stereocenters. The highest BCUT2D eigenvalue weighted by molar-refractivity contribution is 7.71. The largest absolute Gasteiger partial charge is 0.416 e. The minimum absolute atomic E-state index is 0.261. The second-order valence-corrected chi connectivity index (χ2v) is 5.16. The zero-order chi connectivity index (χ0) is 17.2. The second kappa shape index (κ2) is 6.36. The maximum absolute atomic E-state index is 12.6. The standard InChI is InChI=1S/C15H10F3N5S/c16-15(17,18)12-5-3-10(4-6-12)8-20-23-13(21-22-14(23)24)11-2-1-7-19-9-11/h1-9H,(H,22,24). The number of nitrogens with zero attached hydrogens (tertiary/aromatic N) is 4. The SMILES string of the molecule is FC(F)(F)c1ccc(C=Nn2c(-c3cccnc3)n[nH]c2=S)cc1. The summed E-state index contributed by atoms with van der Waals surface area (Å²) in [6, 6.07) is 8.20. The van der Waals surface area contributed by atoms with Crippen LogP contribution in [0.5, 0.6) is 0 Å². The van der Waals surface area contributed by atoms with Gasteiger partial charge in [-0.3, -0.25) is 4.98 Å². The van der Waals surface area contributed by atoms with Crippen LogP contribution < -0.4 is 0 Å². The lowest BCUT2D eigenvalue weighted by atomic mass is 10.1. The maximum Gasteiger partial charge on any atom is 0.416 e. The molecule has 0 amide bonds. The number of nitrogens with one attached hydrogen (secondary N) is 1. The first-order valence-corrected chi connectivity index (χ1v) is 7.15. The number of aromatic nitrogens is 4. The van der Waals surface area contributed by atoms with Gasteiger partial charge in [-0.2, -0.15) is 28.0 Å². The Balaban J connectivity index is 1.91. The van der Waals surface area contributed by atoms with E-state index in [1.165, 1.54) is 23.0 Å². The molecule has 0 atom stereocenters. The molecule has 0 aliphatic heterocycles. The lowest BCUT2D eigenvalue weighted by molar-refractivity contribution is -0.137. The van der Waals surface area contributed by atoms with Gasteiger partial charge in [0.2, 0.25) is 4.77 Å². The molecule has 3 aromatic rings. The number of aromatic amines is 1. The topological polar surface area (TPSA) is 58.9 Å². The van der Waals surface area contributed by atoms with Crippen molar-refractivity contribution in [3.63, 3.8) is 0 Å². The van der Waals surface area contributed by atoms with Crippen LogP contribution in [0.25, 0.3) is 11.4 Å². The Hall–Kier alpha value is -2.81. The van der Waals surface area contributed by atoms with Gasteiger partial charge in [0, 0.05) is 18.0 Å². The molecule has 1 N–H and O–H groups in total. The highest BCUT2D eigenvalue weighted by atomic mass is 32.1. The molecular weight excluding hydrogens is 339 g/mol. The van der Waals surface area contributed by atoms with Crippen LogP contribution in [0.2, 0.25) is 0 Å². The van der Waals surface area contributed by atoms with Crippen molar-refractivity contribution in [2.45, 2.75) is 6.18 Å². The molecule has 3 rings (SSSR count). The van der Waals surface area contributed by atoms with Gasteiger partial charge in [-0.05, 0) is 42.0 Å². The van der Waals surface area contributed by atoms with E-state index in [0.717, 1.165) is 12.1 Å². The number of halogens is 3. The number of alkyl halides is 3. The van der Waals surface area contributed by atoms with E-state index >= 15 is 0 Å². The molecule has 0 bridgehead atoms. The van der Waals surface area contributed by atoms with E-state index in [2.05, 4.69) is 20.3 Å². The molecular formula is C15H10F3N5S. The predicted molar refractivity (Wildman–Crippen MR) is 85.1 cm³/mol. The third kappa shape index (κ3) is 3.40. The van der Waals surface area contributed by atoms with E-state index in [4.69, 9.17) is 12.2 Å². The summed E-state index contributed by atoms with van der Waals surface area (Å²) in [5.41, 5.74) is 0.494. The summed E-state index contributed by atoms with van der Waals surface area (Å²) in [6.07, 6.45) is 0.275. The van der Waals surface area contributed by atoms with Crippen LogP contribution in [-0.2, 0) is 6.18 Å². The average molecular weight is 349 g/mol. The highest BCUT2D eigenvalue weighted by Crippen LogP contribution is 2.28. The molecule has 0 radical (unpaired) electrons. The van der Waals surface area contributed by atoms with Crippen molar-refractivity contribution in [3.05, 3.63) is 64.7 Å². The van der Waals surface area contributed by atoms with E-state index in [9.17, 15) is 13.2 Å². The number of hydrogen-bond donors (Lipinski definition) is 1. The smallest absolute Gasteiger partial charge is 0.264 e. The Kier molecular flexibility index (Phi) is 4.26. The molecule has 0 aliphatic carbocycles. The van der Waals surface area contributed by atoms with Gasteiger partial charge in [0.05, 0.1) is 11.8 Å². The summed E-state index contributed by atoms with van der Waals surface area (Å²) in [5.74, 6) is 0.455. The van der Waals surface area contributed by atoms with Gasteiger partial charge in [0.15, 0.2) is 5.82 Å². The molecule has 0 saturated heterocycles. The number of benzene rings is 1. The van der Waals surface area contributed by atoms with Crippen molar-refractivity contribution in [3.8, 4) is 11.4 Å². The van der Waals surface area contributed by atoms with Gasteiger partial charge in [0.25, 0.3) is 0 Å². The molecule has 0 spiro atoms. The van der Waals surface area contributed by atoms with Gasteiger partial charge in [0.1, 0.15) is 0 Å². The van der Waals surface area contributed by atoms with Gasteiger partial charge in [-0.1, -0.05) is 12.1 Å². The fourth-order valence-corrected chi connectivity index (χ4v) is 2.14. The third-order valence-electron chi connectivity index (χ3n) is 3.13. The molecule has 24 heavy (non-hydrogen) atoms. The molecule has 2 aromatic heterocycles. The van der Waals surface area contributed by atoms with Crippen molar-refractivity contribution < 1.29 is 13.2 Å². The van der Waals surface area contributed by atoms with Crippen LogP contribution in [-0.4, -0.2) is 26.1 Å². The van der Waals surface area contributed by atoms with Crippen molar-refractivity contribution >= 4 is 18.4 Å². The van der Waals surface area contributed by atoms with E-state index in [-0.39, 0.29) is 4.77 Å². The average Bonchev–Trinajstić information content (AvgIpc) is 2.94. The molecule has 0 fully saturated rings. The minimum Gasteiger partial charge on any atom is -0.264 e. The minimum atomic E-state index is -4.36. The van der Waals surface area contributed by atoms with Crippen LogP contribution in [0.4, 0.5) is 13.2 Å². The highest BCUT2D eigenvalue weighted by Gasteiger charge is 2.29. The van der Waals surface area contributed by atoms with Crippen molar-refractivity contribution in [1.82, 2.24) is 19.9 Å². The summed E-state index contributed by atoms with van der Waals surface area (Å²) in [4.78, 5) is 4.00. The second-order valence-electron chi connectivity index (χ2n) is 4.77. The maximum atomic E-state index is 12.6. The Morgan fingerprint density at radius 1 is 1.17 bits per heavy atom. The monoisotopic (exact) mass is 349 g/mol. The van der Waals surface area contributed by atoms with Crippen LogP contribution in [0.3, 0.4) is 0 Å². The first kappa shape index (κ1) is 16.1. The molecule has 122 valence electrons. The van der Waals surface area contributed by atoms with E-state index in [1.807, 2.05) is 0 Å². The quantitative estimate of drug-likeness (QED) is 0.576. The number of hydrogen-bond acceptors (Lipinski definition) is 4. The summed E-state index contributed by atoms with van der Waals surface area (Å²) in [5, 5.41) is 10.9. The third-order valence-corrected chi connectivity index (χ3v) is 3.39. The predicted octanol–water partition coefficient (Wildman–Crippen LogP) is 3.90. The first-order valence-electron chi connectivity index (χ1n) is 6.74. The van der Waals surface area contributed by atoms with Crippen LogP contribution in [0.15, 0.2) is 53.9 Å². The Bertz CT molecular complexity index is 911. The zero-order valence-electron chi connectivity index (χ0n) is 12.0. The fraction of sp³-hybridized carbons (Fsp3) is 0.0667. The molecule has 2 heterocycles. The molecule has 1 aromatic carbocycles. The Labute approximate surface area is 139 Å². The molecule has 0 aliphatic rings. The van der Waals surface area contributed by atoms with Gasteiger partial charge >= 0.3 is 6.18 Å².